The van der Waals surface area contributed by atoms with E-state index >= 15 is 0 Å². The number of carbonyl (C=O) groups excluding carboxylic acids is 1. The lowest BCUT2D eigenvalue weighted by atomic mass is 9.97. The number of aromatic nitrogens is 3. The predicted molar refractivity (Wildman–Crippen MR) is 95.0 cm³/mol. The summed E-state index contributed by atoms with van der Waals surface area (Å²) in [7, 11) is 0. The highest BCUT2D eigenvalue weighted by Gasteiger charge is 2.28. The zero-order valence-corrected chi connectivity index (χ0v) is 15.1. The second-order valence-corrected chi connectivity index (χ2v) is 6.93. The third-order valence-electron chi connectivity index (χ3n) is 5.09. The fraction of sp³-hybridized carbons (Fsp3) is 0.722. The average Bonchev–Trinajstić information content (AvgIpc) is 3.15. The Morgan fingerprint density at radius 2 is 2.40 bits per heavy atom. The molecule has 7 heteroatoms. The van der Waals surface area contributed by atoms with Crippen LogP contribution < -0.4 is 5.32 Å². The van der Waals surface area contributed by atoms with Crippen molar-refractivity contribution in [1.82, 2.24) is 25.0 Å². The first-order valence-electron chi connectivity index (χ1n) is 9.36. The maximum atomic E-state index is 12.5. The number of rotatable bonds is 7. The molecule has 1 amide bonds. The lowest BCUT2D eigenvalue weighted by Crippen LogP contribution is -2.53. The Bertz CT molecular complexity index is 572. The predicted octanol–water partition coefficient (Wildman–Crippen LogP) is 1.37. The molecular weight excluding hydrogens is 318 g/mol. The average molecular weight is 347 g/mol. The summed E-state index contributed by atoms with van der Waals surface area (Å²) in [5.41, 5.74) is 1.50. The maximum Gasteiger partial charge on any atom is 0.237 e. The molecule has 1 aromatic heterocycles. The number of ether oxygens (including phenoxy) is 1. The highest BCUT2D eigenvalue weighted by atomic mass is 16.5. The van der Waals surface area contributed by atoms with Crippen LogP contribution in [0.3, 0.4) is 0 Å². The topological polar surface area (TPSA) is 72.3 Å². The molecular formula is C18H29N5O2. The van der Waals surface area contributed by atoms with Crippen LogP contribution in [0.15, 0.2) is 24.3 Å². The second-order valence-electron chi connectivity index (χ2n) is 6.93. The van der Waals surface area contributed by atoms with Crippen LogP contribution in [0.2, 0.25) is 0 Å². The van der Waals surface area contributed by atoms with Gasteiger partial charge in [0.25, 0.3) is 0 Å². The number of amides is 1. The molecule has 138 valence electrons. The van der Waals surface area contributed by atoms with Crippen LogP contribution in [0.4, 0.5) is 0 Å². The summed E-state index contributed by atoms with van der Waals surface area (Å²) in [4.78, 5) is 18.6. The monoisotopic (exact) mass is 347 g/mol. The standard InChI is InChI=1S/C18H29N5O2/c1-15(18(24)20-8-7-16-5-3-2-4-6-16)22-9-10-25-17(11-22)12-23-14-19-13-21-23/h5,13-15,17H,2-4,6-12H2,1H3,(H,20,24)/t15-,17+/m0/s1. The smallest absolute Gasteiger partial charge is 0.237 e. The normalized spacial score (nSPS) is 23.1. The van der Waals surface area contributed by atoms with Crippen molar-refractivity contribution in [3.05, 3.63) is 24.3 Å². The van der Waals surface area contributed by atoms with E-state index in [0.717, 1.165) is 26.1 Å². The van der Waals surface area contributed by atoms with Crippen molar-refractivity contribution in [2.75, 3.05) is 26.2 Å². The van der Waals surface area contributed by atoms with Gasteiger partial charge in [-0.2, -0.15) is 5.10 Å². The number of allylic oxidation sites excluding steroid dienone is 1. The molecule has 0 bridgehead atoms. The molecule has 2 aliphatic rings. The number of nitrogens with one attached hydrogen (secondary N) is 1. The lowest BCUT2D eigenvalue weighted by molar-refractivity contribution is -0.129. The summed E-state index contributed by atoms with van der Waals surface area (Å²) in [5, 5.41) is 7.22. The van der Waals surface area contributed by atoms with Crippen LogP contribution in [0.25, 0.3) is 0 Å². The second kappa shape index (κ2) is 9.10. The number of carbonyl (C=O) groups is 1. The van der Waals surface area contributed by atoms with E-state index in [-0.39, 0.29) is 18.1 Å². The number of hydrogen-bond donors (Lipinski definition) is 1. The summed E-state index contributed by atoms with van der Waals surface area (Å²) >= 11 is 0. The largest absolute Gasteiger partial charge is 0.374 e. The molecule has 0 saturated carbocycles. The van der Waals surface area contributed by atoms with E-state index in [2.05, 4.69) is 26.4 Å². The summed E-state index contributed by atoms with van der Waals surface area (Å²) in [6.07, 6.45) is 11.6. The Balaban J connectivity index is 1.42. The van der Waals surface area contributed by atoms with E-state index in [1.165, 1.54) is 37.6 Å². The van der Waals surface area contributed by atoms with Crippen LogP contribution in [-0.2, 0) is 16.1 Å². The molecule has 1 fully saturated rings. The SMILES string of the molecule is C[C@@H](C(=O)NCCC1=CCCCC1)N1CCO[C@@H](Cn2cncn2)C1. The van der Waals surface area contributed by atoms with Crippen molar-refractivity contribution < 1.29 is 9.53 Å². The van der Waals surface area contributed by atoms with Gasteiger partial charge in [-0.05, 0) is 39.0 Å². The van der Waals surface area contributed by atoms with Crippen molar-refractivity contribution in [1.29, 1.82) is 0 Å². The minimum Gasteiger partial charge on any atom is -0.374 e. The first-order chi connectivity index (χ1) is 12.2. The van der Waals surface area contributed by atoms with Crippen LogP contribution in [0.1, 0.15) is 39.0 Å². The first kappa shape index (κ1) is 18.1. The third kappa shape index (κ3) is 5.37. The lowest BCUT2D eigenvalue weighted by Gasteiger charge is -2.36. The van der Waals surface area contributed by atoms with Gasteiger partial charge in [0.1, 0.15) is 12.7 Å². The molecule has 1 aliphatic carbocycles. The molecule has 1 N–H and O–H groups in total. The third-order valence-corrected chi connectivity index (χ3v) is 5.09. The minimum atomic E-state index is -0.137. The summed E-state index contributed by atoms with van der Waals surface area (Å²) < 4.78 is 7.58. The van der Waals surface area contributed by atoms with Crippen molar-refractivity contribution in [3.8, 4) is 0 Å². The van der Waals surface area contributed by atoms with Crippen molar-refractivity contribution in [2.24, 2.45) is 0 Å². The maximum absolute atomic E-state index is 12.5. The Labute approximate surface area is 149 Å². The van der Waals surface area contributed by atoms with Gasteiger partial charge >= 0.3 is 0 Å². The zero-order chi connectivity index (χ0) is 17.5. The van der Waals surface area contributed by atoms with Crippen molar-refractivity contribution in [2.45, 2.75) is 57.7 Å². The molecule has 1 aliphatic heterocycles. The van der Waals surface area contributed by atoms with Gasteiger partial charge in [0.2, 0.25) is 5.91 Å². The molecule has 2 atom stereocenters. The highest BCUT2D eigenvalue weighted by molar-refractivity contribution is 5.81. The molecule has 7 nitrogen and oxygen atoms in total. The van der Waals surface area contributed by atoms with Gasteiger partial charge in [-0.15, -0.1) is 0 Å². The van der Waals surface area contributed by atoms with E-state index in [9.17, 15) is 4.79 Å². The van der Waals surface area contributed by atoms with Crippen LogP contribution in [0, 0.1) is 0 Å². The molecule has 3 rings (SSSR count). The number of hydrogen-bond acceptors (Lipinski definition) is 5. The summed E-state index contributed by atoms with van der Waals surface area (Å²) in [5.74, 6) is 0.109. The quantitative estimate of drug-likeness (QED) is 0.755. The summed E-state index contributed by atoms with van der Waals surface area (Å²) in [6.45, 7) is 5.55. The summed E-state index contributed by atoms with van der Waals surface area (Å²) in [6, 6.07) is -0.137. The highest BCUT2D eigenvalue weighted by Crippen LogP contribution is 2.19. The van der Waals surface area contributed by atoms with Gasteiger partial charge in [0, 0.05) is 19.6 Å². The first-order valence-corrected chi connectivity index (χ1v) is 9.36. The van der Waals surface area contributed by atoms with E-state index < -0.39 is 0 Å². The Morgan fingerprint density at radius 3 is 3.16 bits per heavy atom. The van der Waals surface area contributed by atoms with Gasteiger partial charge in [0.05, 0.1) is 25.3 Å². The van der Waals surface area contributed by atoms with E-state index in [1.807, 2.05) is 6.92 Å². The van der Waals surface area contributed by atoms with E-state index in [0.29, 0.717) is 13.2 Å². The van der Waals surface area contributed by atoms with Crippen LogP contribution in [-0.4, -0.2) is 64.0 Å². The Morgan fingerprint density at radius 1 is 1.48 bits per heavy atom. The Hall–Kier alpha value is -1.73. The van der Waals surface area contributed by atoms with Gasteiger partial charge < -0.3 is 10.1 Å². The van der Waals surface area contributed by atoms with E-state index in [1.54, 1.807) is 11.0 Å². The molecule has 25 heavy (non-hydrogen) atoms. The fourth-order valence-corrected chi connectivity index (χ4v) is 3.53. The molecule has 0 unspecified atom stereocenters. The minimum absolute atomic E-state index is 0.0399. The van der Waals surface area contributed by atoms with Gasteiger partial charge in [-0.3, -0.25) is 14.4 Å². The van der Waals surface area contributed by atoms with Crippen molar-refractivity contribution in [3.63, 3.8) is 0 Å². The fourth-order valence-electron chi connectivity index (χ4n) is 3.53. The van der Waals surface area contributed by atoms with Crippen LogP contribution >= 0.6 is 0 Å². The van der Waals surface area contributed by atoms with Crippen molar-refractivity contribution >= 4 is 5.91 Å². The molecule has 0 aromatic carbocycles. The molecule has 0 radical (unpaired) electrons. The molecule has 2 heterocycles. The Kier molecular flexibility index (Phi) is 6.58. The molecule has 0 spiro atoms. The molecule has 1 saturated heterocycles. The number of morpholine rings is 1. The molecule has 1 aromatic rings. The van der Waals surface area contributed by atoms with Gasteiger partial charge in [-0.25, -0.2) is 4.98 Å². The number of nitrogens with zero attached hydrogens (tertiary/aromatic N) is 4. The van der Waals surface area contributed by atoms with Crippen LogP contribution in [0.5, 0.6) is 0 Å². The van der Waals surface area contributed by atoms with E-state index in [4.69, 9.17) is 4.74 Å². The van der Waals surface area contributed by atoms with Gasteiger partial charge in [-0.1, -0.05) is 11.6 Å². The van der Waals surface area contributed by atoms with Gasteiger partial charge in [0.15, 0.2) is 0 Å². The zero-order valence-electron chi connectivity index (χ0n) is 15.1.